The lowest BCUT2D eigenvalue weighted by Crippen LogP contribution is -2.39. The van der Waals surface area contributed by atoms with Crippen molar-refractivity contribution in [1.29, 1.82) is 0 Å². The predicted molar refractivity (Wildman–Crippen MR) is 113 cm³/mol. The summed E-state index contributed by atoms with van der Waals surface area (Å²) in [6.45, 7) is 3.71. The van der Waals surface area contributed by atoms with Gasteiger partial charge < -0.3 is 15.4 Å². The van der Waals surface area contributed by atoms with E-state index in [-0.39, 0.29) is 36.3 Å². The van der Waals surface area contributed by atoms with Gasteiger partial charge in [-0.25, -0.2) is 13.8 Å². The number of aromatic nitrogens is 3. The first-order valence-electron chi connectivity index (χ1n) is 8.56. The standard InChI is InChI=1S/C18H20F2N6O.HI/c1-2-21-18(22-8-10-27-13-6-7-14(19)15(20)11-13)23-12-17-25-24-16-5-3-4-9-26(16)17;/h3-7,9,11H,2,8,10,12H2,1H3,(H2,21,22,23);1H. The molecule has 0 amide bonds. The molecule has 3 rings (SSSR count). The van der Waals surface area contributed by atoms with Crippen molar-refractivity contribution in [2.24, 2.45) is 4.99 Å². The van der Waals surface area contributed by atoms with E-state index in [0.29, 0.717) is 25.6 Å². The predicted octanol–water partition coefficient (Wildman–Crippen LogP) is 2.76. The molecule has 0 fully saturated rings. The van der Waals surface area contributed by atoms with E-state index < -0.39 is 11.6 Å². The summed E-state index contributed by atoms with van der Waals surface area (Å²) in [6.07, 6.45) is 1.89. The molecule has 3 aromatic rings. The molecule has 1 aromatic carbocycles. The number of ether oxygens (including phenoxy) is 1. The van der Waals surface area contributed by atoms with Crippen molar-refractivity contribution in [3.8, 4) is 5.75 Å². The molecule has 0 aliphatic carbocycles. The molecule has 2 aromatic heterocycles. The summed E-state index contributed by atoms with van der Waals surface area (Å²) in [5, 5.41) is 14.5. The summed E-state index contributed by atoms with van der Waals surface area (Å²) < 4.78 is 33.3. The molecule has 2 heterocycles. The minimum Gasteiger partial charge on any atom is -0.492 e. The largest absolute Gasteiger partial charge is 0.492 e. The average molecular weight is 502 g/mol. The fourth-order valence-electron chi connectivity index (χ4n) is 2.40. The van der Waals surface area contributed by atoms with Crippen molar-refractivity contribution in [1.82, 2.24) is 25.2 Å². The van der Waals surface area contributed by atoms with Gasteiger partial charge in [-0.15, -0.1) is 34.2 Å². The van der Waals surface area contributed by atoms with E-state index in [9.17, 15) is 8.78 Å². The summed E-state index contributed by atoms with van der Waals surface area (Å²) in [5.74, 6) is -0.244. The van der Waals surface area contributed by atoms with Gasteiger partial charge in [0, 0.05) is 18.8 Å². The number of hydrogen-bond donors (Lipinski definition) is 2. The molecule has 0 atom stereocenters. The summed E-state index contributed by atoms with van der Waals surface area (Å²) in [4.78, 5) is 4.48. The number of nitrogens with zero attached hydrogens (tertiary/aromatic N) is 4. The van der Waals surface area contributed by atoms with Crippen molar-refractivity contribution in [3.05, 3.63) is 60.1 Å². The Morgan fingerprint density at radius 3 is 2.79 bits per heavy atom. The van der Waals surface area contributed by atoms with Crippen LogP contribution < -0.4 is 15.4 Å². The average Bonchev–Trinajstić information content (AvgIpc) is 3.09. The van der Waals surface area contributed by atoms with Gasteiger partial charge in [-0.3, -0.25) is 4.40 Å². The number of fused-ring (bicyclic) bond motifs is 1. The first-order valence-corrected chi connectivity index (χ1v) is 8.56. The SMILES string of the molecule is CCNC(=NCc1nnc2ccccn12)NCCOc1ccc(F)c(F)c1.I. The van der Waals surface area contributed by atoms with E-state index in [1.54, 1.807) is 0 Å². The van der Waals surface area contributed by atoms with E-state index >= 15 is 0 Å². The van der Waals surface area contributed by atoms with Crippen LogP contribution in [-0.2, 0) is 6.54 Å². The summed E-state index contributed by atoms with van der Waals surface area (Å²) in [5.41, 5.74) is 0.764. The topological polar surface area (TPSA) is 75.8 Å². The molecule has 0 unspecified atom stereocenters. The maximum Gasteiger partial charge on any atom is 0.191 e. The minimum absolute atomic E-state index is 0. The van der Waals surface area contributed by atoms with E-state index in [1.807, 2.05) is 35.7 Å². The molecule has 2 N–H and O–H groups in total. The van der Waals surface area contributed by atoms with Crippen LogP contribution in [0.2, 0.25) is 0 Å². The van der Waals surface area contributed by atoms with Gasteiger partial charge in [0.1, 0.15) is 18.9 Å². The van der Waals surface area contributed by atoms with Crippen LogP contribution in [0.1, 0.15) is 12.7 Å². The molecule has 7 nitrogen and oxygen atoms in total. The van der Waals surface area contributed by atoms with Crippen LogP contribution in [-0.4, -0.2) is 40.3 Å². The van der Waals surface area contributed by atoms with E-state index in [1.165, 1.54) is 6.07 Å². The highest BCUT2D eigenvalue weighted by atomic mass is 127. The van der Waals surface area contributed by atoms with Gasteiger partial charge in [-0.1, -0.05) is 6.07 Å². The third kappa shape index (κ3) is 5.75. The number of benzene rings is 1. The molecule has 28 heavy (non-hydrogen) atoms. The third-order valence-electron chi connectivity index (χ3n) is 3.66. The quantitative estimate of drug-likeness (QED) is 0.225. The van der Waals surface area contributed by atoms with Crippen LogP contribution in [0, 0.1) is 11.6 Å². The molecular formula is C18H21F2IN6O. The third-order valence-corrected chi connectivity index (χ3v) is 3.66. The number of halogens is 3. The molecule has 0 spiro atoms. The zero-order chi connectivity index (χ0) is 19.1. The lowest BCUT2D eigenvalue weighted by molar-refractivity contribution is 0.318. The van der Waals surface area contributed by atoms with Crippen LogP contribution >= 0.6 is 24.0 Å². The Balaban J connectivity index is 0.00000280. The fourth-order valence-corrected chi connectivity index (χ4v) is 2.40. The number of aliphatic imine (C=N–C) groups is 1. The molecular weight excluding hydrogens is 481 g/mol. The van der Waals surface area contributed by atoms with Crippen molar-refractivity contribution in [2.45, 2.75) is 13.5 Å². The zero-order valence-electron chi connectivity index (χ0n) is 15.2. The number of pyridine rings is 1. The number of hydrogen-bond acceptors (Lipinski definition) is 4. The Morgan fingerprint density at radius 1 is 1.14 bits per heavy atom. The lowest BCUT2D eigenvalue weighted by Gasteiger charge is -2.12. The van der Waals surface area contributed by atoms with E-state index in [2.05, 4.69) is 25.8 Å². The maximum atomic E-state index is 13.2. The molecule has 0 saturated carbocycles. The molecule has 0 bridgehead atoms. The van der Waals surface area contributed by atoms with Gasteiger partial charge in [-0.05, 0) is 31.2 Å². The number of guanidine groups is 1. The Bertz CT molecular complexity index is 933. The van der Waals surface area contributed by atoms with Crippen LogP contribution in [0.3, 0.4) is 0 Å². The van der Waals surface area contributed by atoms with Crippen molar-refractivity contribution < 1.29 is 13.5 Å². The van der Waals surface area contributed by atoms with E-state index in [4.69, 9.17) is 4.74 Å². The molecule has 0 saturated heterocycles. The normalized spacial score (nSPS) is 11.2. The molecule has 150 valence electrons. The smallest absolute Gasteiger partial charge is 0.191 e. The van der Waals surface area contributed by atoms with Crippen LogP contribution in [0.25, 0.3) is 5.65 Å². The minimum atomic E-state index is -0.934. The summed E-state index contributed by atoms with van der Waals surface area (Å²) in [7, 11) is 0. The second-order valence-corrected chi connectivity index (χ2v) is 5.59. The molecule has 0 aliphatic heterocycles. The van der Waals surface area contributed by atoms with Gasteiger partial charge in [0.05, 0.1) is 6.54 Å². The second-order valence-electron chi connectivity index (χ2n) is 5.59. The molecule has 10 heteroatoms. The van der Waals surface area contributed by atoms with Crippen LogP contribution in [0.4, 0.5) is 8.78 Å². The Labute approximate surface area is 178 Å². The maximum absolute atomic E-state index is 13.2. The summed E-state index contributed by atoms with van der Waals surface area (Å²) >= 11 is 0. The highest BCUT2D eigenvalue weighted by molar-refractivity contribution is 14.0. The molecule has 0 aliphatic rings. The van der Waals surface area contributed by atoms with Crippen LogP contribution in [0.15, 0.2) is 47.6 Å². The first-order chi connectivity index (χ1) is 13.2. The Morgan fingerprint density at radius 2 is 2.00 bits per heavy atom. The number of nitrogens with one attached hydrogen (secondary N) is 2. The highest BCUT2D eigenvalue weighted by Gasteiger charge is 2.05. The Hall–Kier alpha value is -2.50. The van der Waals surface area contributed by atoms with Crippen molar-refractivity contribution >= 4 is 35.6 Å². The monoisotopic (exact) mass is 502 g/mol. The first kappa shape index (κ1) is 21.8. The lowest BCUT2D eigenvalue weighted by atomic mass is 10.3. The van der Waals surface area contributed by atoms with Crippen LogP contribution in [0.5, 0.6) is 5.75 Å². The fraction of sp³-hybridized carbons (Fsp3) is 0.278. The van der Waals surface area contributed by atoms with Gasteiger partial charge in [0.2, 0.25) is 0 Å². The number of rotatable bonds is 7. The zero-order valence-corrected chi connectivity index (χ0v) is 17.6. The van der Waals surface area contributed by atoms with Gasteiger partial charge in [0.15, 0.2) is 29.1 Å². The highest BCUT2D eigenvalue weighted by Crippen LogP contribution is 2.14. The second kappa shape index (κ2) is 10.7. The molecule has 0 radical (unpaired) electrons. The van der Waals surface area contributed by atoms with Crippen molar-refractivity contribution in [3.63, 3.8) is 0 Å². The Kier molecular flexibility index (Phi) is 8.36. The van der Waals surface area contributed by atoms with Crippen molar-refractivity contribution in [2.75, 3.05) is 19.7 Å². The van der Waals surface area contributed by atoms with Gasteiger partial charge in [-0.2, -0.15) is 0 Å². The summed E-state index contributed by atoms with van der Waals surface area (Å²) in [6, 6.07) is 9.11. The van der Waals surface area contributed by atoms with E-state index in [0.717, 1.165) is 23.6 Å². The van der Waals surface area contributed by atoms with Gasteiger partial charge >= 0.3 is 0 Å². The van der Waals surface area contributed by atoms with Gasteiger partial charge in [0.25, 0.3) is 0 Å².